The molecular weight excluding hydrogens is 310 g/mol. The maximum atomic E-state index is 12.3. The predicted octanol–water partition coefficient (Wildman–Crippen LogP) is -0.385. The third kappa shape index (κ3) is 4.33. The fourth-order valence-corrected chi connectivity index (χ4v) is 3.70. The molecule has 8 nitrogen and oxygen atoms in total. The van der Waals surface area contributed by atoms with Crippen molar-refractivity contribution < 1.29 is 22.7 Å². The van der Waals surface area contributed by atoms with Crippen LogP contribution in [0, 0.1) is 5.92 Å². The molecule has 0 aromatic heterocycles. The lowest BCUT2D eigenvalue weighted by Crippen LogP contribution is -2.49. The fraction of sp³-hybridized carbons (Fsp3) is 0.846. The van der Waals surface area contributed by atoms with Gasteiger partial charge in [-0.1, -0.05) is 0 Å². The molecule has 2 fully saturated rings. The van der Waals surface area contributed by atoms with E-state index in [1.54, 1.807) is 4.90 Å². The molecule has 2 rings (SSSR count). The van der Waals surface area contributed by atoms with Crippen LogP contribution in [0.2, 0.25) is 0 Å². The van der Waals surface area contributed by atoms with Gasteiger partial charge >= 0.3 is 6.09 Å². The second-order valence-corrected chi connectivity index (χ2v) is 7.91. The molecule has 2 heterocycles. The molecule has 1 N–H and O–H groups in total. The van der Waals surface area contributed by atoms with Crippen molar-refractivity contribution in [2.45, 2.75) is 25.8 Å². The summed E-state index contributed by atoms with van der Waals surface area (Å²) in [5.41, 5.74) is 0. The summed E-state index contributed by atoms with van der Waals surface area (Å²) >= 11 is 0. The number of hydrogen-bond acceptors (Lipinski definition) is 5. The van der Waals surface area contributed by atoms with Gasteiger partial charge in [-0.3, -0.25) is 4.79 Å². The highest BCUT2D eigenvalue weighted by molar-refractivity contribution is 7.88. The average Bonchev–Trinajstić information content (AvgIpc) is 2.83. The van der Waals surface area contributed by atoms with Crippen molar-refractivity contribution >= 4 is 22.0 Å². The van der Waals surface area contributed by atoms with Gasteiger partial charge in [0, 0.05) is 25.7 Å². The molecule has 9 heteroatoms. The minimum Gasteiger partial charge on any atom is -0.448 e. The molecule has 0 unspecified atom stereocenters. The standard InChI is InChI=1S/C13H23N3O5S/c1-10(8-15-6-7-21-13(15)18)14-12(17)11-4-3-5-16(9-11)22(2,19)20/h10-11H,3-9H2,1-2H3,(H,14,17)/t10-,11-/m0/s1. The summed E-state index contributed by atoms with van der Waals surface area (Å²) in [6, 6.07) is -0.202. The van der Waals surface area contributed by atoms with Crippen molar-refractivity contribution in [2.75, 3.05) is 39.0 Å². The van der Waals surface area contributed by atoms with E-state index in [1.165, 1.54) is 4.31 Å². The number of sulfonamides is 1. The second kappa shape index (κ2) is 6.82. The Balaban J connectivity index is 1.84. The van der Waals surface area contributed by atoms with E-state index in [9.17, 15) is 18.0 Å². The Bertz CT molecular complexity index is 536. The van der Waals surface area contributed by atoms with Crippen LogP contribution in [0.5, 0.6) is 0 Å². The lowest BCUT2D eigenvalue weighted by atomic mass is 9.98. The Labute approximate surface area is 130 Å². The van der Waals surface area contributed by atoms with Gasteiger partial charge in [0.25, 0.3) is 0 Å². The van der Waals surface area contributed by atoms with Crippen LogP contribution in [0.3, 0.4) is 0 Å². The zero-order chi connectivity index (χ0) is 16.3. The first kappa shape index (κ1) is 17.0. The molecule has 0 aromatic carbocycles. The number of piperidine rings is 1. The molecule has 0 bridgehead atoms. The molecule has 0 aliphatic carbocycles. The average molecular weight is 333 g/mol. The Morgan fingerprint density at radius 1 is 1.45 bits per heavy atom. The summed E-state index contributed by atoms with van der Waals surface area (Å²) in [6.45, 7) is 3.82. The smallest absolute Gasteiger partial charge is 0.410 e. The van der Waals surface area contributed by atoms with Gasteiger partial charge in [0.15, 0.2) is 0 Å². The largest absolute Gasteiger partial charge is 0.448 e. The van der Waals surface area contributed by atoms with Crippen molar-refractivity contribution in [3.8, 4) is 0 Å². The number of amides is 2. The lowest BCUT2D eigenvalue weighted by molar-refractivity contribution is -0.126. The summed E-state index contributed by atoms with van der Waals surface area (Å²) in [4.78, 5) is 25.2. The Hall–Kier alpha value is -1.35. The zero-order valence-electron chi connectivity index (χ0n) is 12.9. The highest BCUT2D eigenvalue weighted by Crippen LogP contribution is 2.19. The fourth-order valence-electron chi connectivity index (χ4n) is 2.79. The monoisotopic (exact) mass is 333 g/mol. The Kier molecular flexibility index (Phi) is 5.28. The minimum atomic E-state index is -3.26. The van der Waals surface area contributed by atoms with Gasteiger partial charge in [0.05, 0.1) is 18.7 Å². The van der Waals surface area contributed by atoms with E-state index in [0.717, 1.165) is 6.26 Å². The van der Waals surface area contributed by atoms with Gasteiger partial charge in [0.1, 0.15) is 6.61 Å². The first-order valence-electron chi connectivity index (χ1n) is 7.44. The molecular formula is C13H23N3O5S. The number of rotatable bonds is 5. The number of carbonyl (C=O) groups is 2. The van der Waals surface area contributed by atoms with Crippen LogP contribution < -0.4 is 5.32 Å². The molecule has 0 aromatic rings. The van der Waals surface area contributed by atoms with Crippen LogP contribution in [0.1, 0.15) is 19.8 Å². The third-order valence-corrected chi connectivity index (χ3v) is 5.22. The number of nitrogens with one attached hydrogen (secondary N) is 1. The highest BCUT2D eigenvalue weighted by atomic mass is 32.2. The first-order valence-corrected chi connectivity index (χ1v) is 9.29. The quantitative estimate of drug-likeness (QED) is 0.739. The van der Waals surface area contributed by atoms with Crippen molar-refractivity contribution in [3.05, 3.63) is 0 Å². The van der Waals surface area contributed by atoms with Crippen molar-refractivity contribution in [3.63, 3.8) is 0 Å². The number of cyclic esters (lactones) is 1. The van der Waals surface area contributed by atoms with E-state index < -0.39 is 10.0 Å². The highest BCUT2D eigenvalue weighted by Gasteiger charge is 2.31. The third-order valence-electron chi connectivity index (χ3n) is 3.95. The molecule has 2 aliphatic heterocycles. The van der Waals surface area contributed by atoms with Crippen LogP contribution in [-0.4, -0.2) is 74.7 Å². The molecule has 2 aliphatic rings. The van der Waals surface area contributed by atoms with Gasteiger partial charge in [-0.2, -0.15) is 0 Å². The van der Waals surface area contributed by atoms with E-state index in [1.807, 2.05) is 6.92 Å². The molecule has 2 atom stereocenters. The molecule has 126 valence electrons. The van der Waals surface area contributed by atoms with E-state index in [0.29, 0.717) is 39.1 Å². The predicted molar refractivity (Wildman–Crippen MR) is 79.7 cm³/mol. The summed E-state index contributed by atoms with van der Waals surface area (Å²) in [5, 5.41) is 2.86. The normalized spacial score (nSPS) is 24.9. The molecule has 2 amide bonds. The van der Waals surface area contributed by atoms with Crippen LogP contribution in [0.25, 0.3) is 0 Å². The zero-order valence-corrected chi connectivity index (χ0v) is 13.8. The van der Waals surface area contributed by atoms with Crippen LogP contribution in [0.4, 0.5) is 4.79 Å². The van der Waals surface area contributed by atoms with Crippen molar-refractivity contribution in [1.82, 2.24) is 14.5 Å². The topological polar surface area (TPSA) is 96.0 Å². The van der Waals surface area contributed by atoms with Crippen molar-refractivity contribution in [1.29, 1.82) is 0 Å². The molecule has 22 heavy (non-hydrogen) atoms. The lowest BCUT2D eigenvalue weighted by Gasteiger charge is -2.31. The molecule has 0 saturated carbocycles. The van der Waals surface area contributed by atoms with Crippen LogP contribution in [0.15, 0.2) is 0 Å². The van der Waals surface area contributed by atoms with Crippen LogP contribution in [-0.2, 0) is 19.6 Å². The minimum absolute atomic E-state index is 0.159. The Morgan fingerprint density at radius 3 is 2.77 bits per heavy atom. The van der Waals surface area contributed by atoms with Gasteiger partial charge in [-0.05, 0) is 19.8 Å². The summed E-state index contributed by atoms with van der Waals surface area (Å²) in [7, 11) is -3.26. The van der Waals surface area contributed by atoms with E-state index in [4.69, 9.17) is 4.74 Å². The van der Waals surface area contributed by atoms with Gasteiger partial charge in [-0.25, -0.2) is 17.5 Å². The maximum absolute atomic E-state index is 12.3. The number of hydrogen-bond donors (Lipinski definition) is 1. The van der Waals surface area contributed by atoms with E-state index in [-0.39, 0.29) is 30.5 Å². The first-order chi connectivity index (χ1) is 10.3. The van der Waals surface area contributed by atoms with E-state index in [2.05, 4.69) is 5.32 Å². The summed E-state index contributed by atoms with van der Waals surface area (Å²) in [5.74, 6) is -0.495. The molecule has 2 saturated heterocycles. The molecule has 0 radical (unpaired) electrons. The summed E-state index contributed by atoms with van der Waals surface area (Å²) < 4.78 is 29.3. The second-order valence-electron chi connectivity index (χ2n) is 5.93. The summed E-state index contributed by atoms with van der Waals surface area (Å²) in [6.07, 6.45) is 2.16. The Morgan fingerprint density at radius 2 is 2.18 bits per heavy atom. The molecule has 0 spiro atoms. The van der Waals surface area contributed by atoms with Gasteiger partial charge < -0.3 is 15.0 Å². The van der Waals surface area contributed by atoms with Crippen molar-refractivity contribution in [2.24, 2.45) is 5.92 Å². The number of nitrogens with zero attached hydrogens (tertiary/aromatic N) is 2. The maximum Gasteiger partial charge on any atom is 0.410 e. The number of ether oxygens (including phenoxy) is 1. The SMILES string of the molecule is C[C@@H](CN1CCOC1=O)NC(=O)[C@H]1CCCN(S(C)(=O)=O)C1. The van der Waals surface area contributed by atoms with Gasteiger partial charge in [-0.15, -0.1) is 0 Å². The number of carbonyl (C=O) groups excluding carboxylic acids is 2. The van der Waals surface area contributed by atoms with Crippen LogP contribution >= 0.6 is 0 Å². The van der Waals surface area contributed by atoms with E-state index >= 15 is 0 Å². The van der Waals surface area contributed by atoms with Gasteiger partial charge in [0.2, 0.25) is 15.9 Å².